The number of aliphatic hydroxyl groups is 1. The number of rotatable bonds is 3. The van der Waals surface area contributed by atoms with Crippen molar-refractivity contribution in [3.05, 3.63) is 35.1 Å². The molecule has 1 rings (SSSR count). The lowest BCUT2D eigenvalue weighted by atomic mass is 9.98. The summed E-state index contributed by atoms with van der Waals surface area (Å²) >= 11 is 0. The number of benzene rings is 1. The second-order valence-electron chi connectivity index (χ2n) is 4.17. The number of aliphatic hydroxyl groups excluding tert-OH is 1. The Morgan fingerprint density at radius 3 is 2.57 bits per heavy atom. The smallest absolute Gasteiger partial charge is 0.129 e. The van der Waals surface area contributed by atoms with E-state index >= 15 is 0 Å². The average molecular weight is 196 g/mol. The molecule has 0 aliphatic carbocycles. The maximum Gasteiger partial charge on any atom is 0.129 e. The van der Waals surface area contributed by atoms with Crippen LogP contribution < -0.4 is 0 Å². The van der Waals surface area contributed by atoms with Gasteiger partial charge in [-0.15, -0.1) is 0 Å². The summed E-state index contributed by atoms with van der Waals surface area (Å²) in [5.41, 5.74) is 1.39. The highest BCUT2D eigenvalue weighted by molar-refractivity contribution is 5.25. The van der Waals surface area contributed by atoms with Crippen molar-refractivity contribution in [3.63, 3.8) is 0 Å². The van der Waals surface area contributed by atoms with Gasteiger partial charge in [-0.05, 0) is 25.3 Å². The molecule has 14 heavy (non-hydrogen) atoms. The monoisotopic (exact) mass is 196 g/mol. The molecule has 0 heterocycles. The van der Waals surface area contributed by atoms with Gasteiger partial charge in [-0.25, -0.2) is 4.39 Å². The highest BCUT2D eigenvalue weighted by Gasteiger charge is 2.13. The minimum atomic E-state index is -0.685. The van der Waals surface area contributed by atoms with Crippen molar-refractivity contribution in [1.82, 2.24) is 0 Å². The molecular weight excluding hydrogens is 179 g/mol. The van der Waals surface area contributed by atoms with Crippen LogP contribution in [0, 0.1) is 18.7 Å². The largest absolute Gasteiger partial charge is 0.388 e. The SMILES string of the molecule is Cc1ccc(F)c(C(O)CC(C)C)c1. The van der Waals surface area contributed by atoms with Gasteiger partial charge in [-0.2, -0.15) is 0 Å². The Labute approximate surface area is 84.6 Å². The van der Waals surface area contributed by atoms with E-state index in [9.17, 15) is 9.50 Å². The van der Waals surface area contributed by atoms with Crippen LogP contribution in [0.5, 0.6) is 0 Å². The van der Waals surface area contributed by atoms with Crippen LogP contribution in [0.1, 0.15) is 37.5 Å². The molecule has 0 aliphatic rings. The number of hydrogen-bond donors (Lipinski definition) is 1. The number of halogens is 1. The lowest BCUT2D eigenvalue weighted by molar-refractivity contribution is 0.146. The number of hydrogen-bond acceptors (Lipinski definition) is 1. The Balaban J connectivity index is 2.88. The van der Waals surface area contributed by atoms with E-state index in [-0.39, 0.29) is 5.82 Å². The van der Waals surface area contributed by atoms with Gasteiger partial charge in [0.25, 0.3) is 0 Å². The molecule has 0 fully saturated rings. The van der Waals surface area contributed by atoms with E-state index in [0.717, 1.165) is 5.56 Å². The van der Waals surface area contributed by atoms with Crippen LogP contribution in [-0.2, 0) is 0 Å². The molecule has 0 radical (unpaired) electrons. The topological polar surface area (TPSA) is 20.2 Å². The van der Waals surface area contributed by atoms with Gasteiger partial charge in [0.2, 0.25) is 0 Å². The predicted octanol–water partition coefficient (Wildman–Crippen LogP) is 3.21. The first kappa shape index (κ1) is 11.2. The van der Waals surface area contributed by atoms with Gasteiger partial charge in [0, 0.05) is 5.56 Å². The summed E-state index contributed by atoms with van der Waals surface area (Å²) in [6, 6.07) is 4.83. The quantitative estimate of drug-likeness (QED) is 0.787. The number of aryl methyl sites for hydroxylation is 1. The zero-order valence-electron chi connectivity index (χ0n) is 8.92. The third kappa shape index (κ3) is 2.81. The highest BCUT2D eigenvalue weighted by atomic mass is 19.1. The molecule has 0 bridgehead atoms. The molecule has 1 unspecified atom stereocenters. The molecular formula is C12H17FO. The molecule has 2 heteroatoms. The minimum absolute atomic E-state index is 0.316. The molecule has 1 aromatic carbocycles. The minimum Gasteiger partial charge on any atom is -0.388 e. The summed E-state index contributed by atoms with van der Waals surface area (Å²) < 4.78 is 13.3. The van der Waals surface area contributed by atoms with Gasteiger partial charge >= 0.3 is 0 Å². The fourth-order valence-corrected chi connectivity index (χ4v) is 1.49. The van der Waals surface area contributed by atoms with Crippen molar-refractivity contribution in [1.29, 1.82) is 0 Å². The van der Waals surface area contributed by atoms with Crippen molar-refractivity contribution in [2.45, 2.75) is 33.3 Å². The Kier molecular flexibility index (Phi) is 3.64. The highest BCUT2D eigenvalue weighted by Crippen LogP contribution is 2.24. The van der Waals surface area contributed by atoms with E-state index in [1.807, 2.05) is 20.8 Å². The zero-order valence-corrected chi connectivity index (χ0v) is 8.92. The fourth-order valence-electron chi connectivity index (χ4n) is 1.49. The molecule has 0 saturated carbocycles. The van der Waals surface area contributed by atoms with Crippen LogP contribution in [0.15, 0.2) is 18.2 Å². The lowest BCUT2D eigenvalue weighted by Gasteiger charge is -2.14. The summed E-state index contributed by atoms with van der Waals surface area (Å²) in [5.74, 6) is 0.0497. The van der Waals surface area contributed by atoms with Gasteiger partial charge in [0.05, 0.1) is 6.10 Å². The van der Waals surface area contributed by atoms with E-state index in [1.54, 1.807) is 12.1 Å². The molecule has 78 valence electrons. The summed E-state index contributed by atoms with van der Waals surface area (Å²) in [6.07, 6.45) is -0.0877. The Morgan fingerprint density at radius 2 is 2.00 bits per heavy atom. The predicted molar refractivity (Wildman–Crippen MR) is 55.6 cm³/mol. The first-order valence-electron chi connectivity index (χ1n) is 4.95. The Bertz CT molecular complexity index is 307. The molecule has 1 atom stereocenters. The van der Waals surface area contributed by atoms with Gasteiger partial charge in [-0.1, -0.05) is 31.5 Å². The van der Waals surface area contributed by atoms with Crippen LogP contribution in [-0.4, -0.2) is 5.11 Å². The second kappa shape index (κ2) is 4.56. The van der Waals surface area contributed by atoms with Crippen LogP contribution >= 0.6 is 0 Å². The average Bonchev–Trinajstić information content (AvgIpc) is 2.08. The van der Waals surface area contributed by atoms with Gasteiger partial charge in [-0.3, -0.25) is 0 Å². The van der Waals surface area contributed by atoms with Crippen LogP contribution in [0.3, 0.4) is 0 Å². The van der Waals surface area contributed by atoms with Gasteiger partial charge in [0.15, 0.2) is 0 Å². The van der Waals surface area contributed by atoms with E-state index in [0.29, 0.717) is 17.9 Å². The third-order valence-electron chi connectivity index (χ3n) is 2.21. The molecule has 1 nitrogen and oxygen atoms in total. The fraction of sp³-hybridized carbons (Fsp3) is 0.500. The molecule has 0 aromatic heterocycles. The normalized spacial score (nSPS) is 13.3. The molecule has 0 saturated heterocycles. The van der Waals surface area contributed by atoms with Crippen molar-refractivity contribution in [2.75, 3.05) is 0 Å². The van der Waals surface area contributed by atoms with Crippen LogP contribution in [0.25, 0.3) is 0 Å². The van der Waals surface area contributed by atoms with E-state index < -0.39 is 6.10 Å². The Hall–Kier alpha value is -0.890. The first-order valence-corrected chi connectivity index (χ1v) is 4.95. The van der Waals surface area contributed by atoms with E-state index in [1.165, 1.54) is 6.07 Å². The van der Waals surface area contributed by atoms with Crippen molar-refractivity contribution >= 4 is 0 Å². The molecule has 1 aromatic rings. The molecule has 1 N–H and O–H groups in total. The second-order valence-corrected chi connectivity index (χ2v) is 4.17. The van der Waals surface area contributed by atoms with E-state index in [2.05, 4.69) is 0 Å². The summed E-state index contributed by atoms with van der Waals surface area (Å²) in [4.78, 5) is 0. The lowest BCUT2D eigenvalue weighted by Crippen LogP contribution is -2.04. The van der Waals surface area contributed by atoms with Gasteiger partial charge < -0.3 is 5.11 Å². The maximum atomic E-state index is 13.3. The Morgan fingerprint density at radius 1 is 1.36 bits per heavy atom. The molecule has 0 spiro atoms. The van der Waals surface area contributed by atoms with Crippen molar-refractivity contribution < 1.29 is 9.50 Å². The third-order valence-corrected chi connectivity index (χ3v) is 2.21. The molecule has 0 aliphatic heterocycles. The van der Waals surface area contributed by atoms with Crippen LogP contribution in [0.2, 0.25) is 0 Å². The summed E-state index contributed by atoms with van der Waals surface area (Å²) in [6.45, 7) is 5.92. The summed E-state index contributed by atoms with van der Waals surface area (Å²) in [5, 5.41) is 9.76. The molecule has 0 amide bonds. The van der Waals surface area contributed by atoms with Gasteiger partial charge in [0.1, 0.15) is 5.82 Å². The van der Waals surface area contributed by atoms with Crippen molar-refractivity contribution in [2.24, 2.45) is 5.92 Å². The van der Waals surface area contributed by atoms with Crippen molar-refractivity contribution in [3.8, 4) is 0 Å². The first-order chi connectivity index (χ1) is 6.50. The van der Waals surface area contributed by atoms with E-state index in [4.69, 9.17) is 0 Å². The zero-order chi connectivity index (χ0) is 10.7. The maximum absolute atomic E-state index is 13.3. The van der Waals surface area contributed by atoms with Crippen LogP contribution in [0.4, 0.5) is 4.39 Å². The standard InChI is InChI=1S/C12H17FO/c1-8(2)6-12(14)10-7-9(3)4-5-11(10)13/h4-5,7-8,12,14H,6H2,1-3H3. The summed E-state index contributed by atoms with van der Waals surface area (Å²) in [7, 11) is 0.